The van der Waals surface area contributed by atoms with Crippen molar-refractivity contribution >= 4 is 11.0 Å². The van der Waals surface area contributed by atoms with E-state index in [1.165, 1.54) is 16.7 Å². The summed E-state index contributed by atoms with van der Waals surface area (Å²) in [7, 11) is 0. The van der Waals surface area contributed by atoms with Crippen molar-refractivity contribution in [3.8, 4) is 89.7 Å². The fourth-order valence-electron chi connectivity index (χ4n) is 9.46. The van der Waals surface area contributed by atoms with Gasteiger partial charge in [-0.15, -0.1) is 0 Å². The van der Waals surface area contributed by atoms with Gasteiger partial charge in [0.15, 0.2) is 0 Å². The number of aromatic hydroxyl groups is 1. The molecular formula is C64H57N3O. The van der Waals surface area contributed by atoms with Crippen LogP contribution in [-0.4, -0.2) is 19.6 Å². The summed E-state index contributed by atoms with van der Waals surface area (Å²) >= 11 is 0. The summed E-state index contributed by atoms with van der Waals surface area (Å²) in [5.74, 6) is 0.936. The Bertz CT molecular complexity index is 3430. The second kappa shape index (κ2) is 17.8. The van der Waals surface area contributed by atoms with Crippen LogP contribution in [0, 0.1) is 6.92 Å². The summed E-state index contributed by atoms with van der Waals surface area (Å²) in [6.45, 7) is 15.4. The van der Waals surface area contributed by atoms with E-state index in [4.69, 9.17) is 9.97 Å². The van der Waals surface area contributed by atoms with Gasteiger partial charge in [0.1, 0.15) is 11.6 Å². The number of aromatic nitrogens is 3. The number of benzene rings is 8. The first-order chi connectivity index (χ1) is 32.9. The van der Waals surface area contributed by atoms with Crippen LogP contribution in [0.1, 0.15) is 64.7 Å². The van der Waals surface area contributed by atoms with Crippen molar-refractivity contribution in [3.05, 3.63) is 217 Å². The van der Waals surface area contributed by atoms with E-state index in [9.17, 15) is 5.11 Å². The van der Waals surface area contributed by atoms with Crippen LogP contribution in [0.5, 0.6) is 5.75 Å². The molecule has 1 N–H and O–H groups in total. The highest BCUT2D eigenvalue weighted by atomic mass is 16.3. The highest BCUT2D eigenvalue weighted by Gasteiger charge is 2.28. The SMILES string of the molecule is CCC(C)(C)c1ccc(-n2c(-c3cc(C)cc(C(C)(C)C)c3O)nc3c(-c4cc(-c5ccccc5)cc(-c5cc(-c6ccc(-c7ccccc7)cc6)ccn5)c4)cccc32)c(-c2ccccc2)c1. The third-order valence-electron chi connectivity index (χ3n) is 13.7. The van der Waals surface area contributed by atoms with E-state index < -0.39 is 0 Å². The molecule has 334 valence electrons. The lowest BCUT2D eigenvalue weighted by atomic mass is 9.81. The Morgan fingerprint density at radius 2 is 1.07 bits per heavy atom. The number of imidazole rings is 1. The number of nitrogens with zero attached hydrogens (tertiary/aromatic N) is 3. The molecule has 0 spiro atoms. The Labute approximate surface area is 401 Å². The summed E-state index contributed by atoms with van der Waals surface area (Å²) < 4.78 is 2.28. The van der Waals surface area contributed by atoms with Crippen LogP contribution in [0.3, 0.4) is 0 Å². The predicted molar refractivity (Wildman–Crippen MR) is 285 cm³/mol. The zero-order chi connectivity index (χ0) is 47.2. The third kappa shape index (κ3) is 8.43. The topological polar surface area (TPSA) is 50.9 Å². The lowest BCUT2D eigenvalue weighted by molar-refractivity contribution is 0.448. The van der Waals surface area contributed by atoms with Crippen molar-refractivity contribution in [1.29, 1.82) is 0 Å². The quantitative estimate of drug-likeness (QED) is 0.149. The number of rotatable bonds is 10. The highest BCUT2D eigenvalue weighted by Crippen LogP contribution is 2.45. The number of aryl methyl sites for hydroxylation is 1. The number of pyridine rings is 1. The third-order valence-corrected chi connectivity index (χ3v) is 13.7. The van der Waals surface area contributed by atoms with Crippen LogP contribution < -0.4 is 0 Å². The number of para-hydroxylation sites is 1. The van der Waals surface area contributed by atoms with Crippen molar-refractivity contribution in [2.45, 2.75) is 65.7 Å². The van der Waals surface area contributed by atoms with E-state index in [0.717, 1.165) is 90.0 Å². The molecule has 10 aromatic rings. The number of phenolic OH excluding ortho intramolecular Hbond substituents is 1. The summed E-state index contributed by atoms with van der Waals surface area (Å²) in [5, 5.41) is 12.4. The average Bonchev–Trinajstić information content (AvgIpc) is 3.76. The zero-order valence-electron chi connectivity index (χ0n) is 40.0. The van der Waals surface area contributed by atoms with Crippen molar-refractivity contribution in [3.63, 3.8) is 0 Å². The number of fused-ring (bicyclic) bond motifs is 1. The summed E-state index contributed by atoms with van der Waals surface area (Å²) in [6, 6.07) is 69.1. The standard InChI is InChI=1S/C64H57N3O/c1-8-64(6,7)52-31-32-58(54(41-52)47-23-16-11-17-24-47)67-59-26-18-25-53(60(59)66-62(67)55-35-42(2)36-56(61(55)68)63(3,4)5)50-37-49(44-21-14-10-15-22-44)38-51(39-50)57-40-48(33-34-65-57)46-29-27-45(28-30-46)43-19-12-9-13-20-43/h9-41,68H,8H2,1-7H3. The van der Waals surface area contributed by atoms with Crippen molar-refractivity contribution in [2.24, 2.45) is 0 Å². The van der Waals surface area contributed by atoms with Gasteiger partial charge in [-0.05, 0) is 134 Å². The second-order valence-electron chi connectivity index (χ2n) is 19.8. The molecule has 0 saturated carbocycles. The lowest BCUT2D eigenvalue weighted by Gasteiger charge is -2.26. The van der Waals surface area contributed by atoms with E-state index in [2.05, 4.69) is 241 Å². The molecule has 0 aliphatic carbocycles. The molecule has 10 rings (SSSR count). The van der Waals surface area contributed by atoms with Gasteiger partial charge in [-0.2, -0.15) is 0 Å². The van der Waals surface area contributed by atoms with Crippen molar-refractivity contribution < 1.29 is 5.11 Å². The van der Waals surface area contributed by atoms with Gasteiger partial charge in [0.25, 0.3) is 0 Å². The molecule has 0 radical (unpaired) electrons. The predicted octanol–water partition coefficient (Wildman–Crippen LogP) is 17.1. The molecule has 0 bridgehead atoms. The maximum atomic E-state index is 12.4. The molecule has 0 atom stereocenters. The fraction of sp³-hybridized carbons (Fsp3) is 0.156. The monoisotopic (exact) mass is 883 g/mol. The van der Waals surface area contributed by atoms with E-state index in [1.54, 1.807) is 0 Å². The Kier molecular flexibility index (Phi) is 11.5. The van der Waals surface area contributed by atoms with E-state index in [-0.39, 0.29) is 16.6 Å². The minimum Gasteiger partial charge on any atom is -0.507 e. The number of phenols is 1. The molecule has 4 nitrogen and oxygen atoms in total. The van der Waals surface area contributed by atoms with Gasteiger partial charge in [-0.3, -0.25) is 9.55 Å². The van der Waals surface area contributed by atoms with Crippen molar-refractivity contribution in [1.82, 2.24) is 14.5 Å². The molecule has 2 aromatic heterocycles. The van der Waals surface area contributed by atoms with Crippen LogP contribution >= 0.6 is 0 Å². The molecule has 0 saturated heterocycles. The first-order valence-electron chi connectivity index (χ1n) is 23.8. The summed E-state index contributed by atoms with van der Waals surface area (Å²) in [4.78, 5) is 10.7. The summed E-state index contributed by atoms with van der Waals surface area (Å²) in [6.07, 6.45) is 2.92. The molecule has 0 aliphatic rings. The van der Waals surface area contributed by atoms with Gasteiger partial charge in [-0.1, -0.05) is 181 Å². The Morgan fingerprint density at radius 3 is 1.72 bits per heavy atom. The van der Waals surface area contributed by atoms with Gasteiger partial charge in [-0.25, -0.2) is 4.98 Å². The van der Waals surface area contributed by atoms with Gasteiger partial charge >= 0.3 is 0 Å². The summed E-state index contributed by atoms with van der Waals surface area (Å²) in [5.41, 5.74) is 19.3. The first kappa shape index (κ1) is 44.0. The maximum Gasteiger partial charge on any atom is 0.149 e. The molecule has 0 amide bonds. The van der Waals surface area contributed by atoms with Gasteiger partial charge in [0.05, 0.1) is 28.0 Å². The molecule has 2 heterocycles. The van der Waals surface area contributed by atoms with Crippen LogP contribution in [0.15, 0.2) is 200 Å². The van der Waals surface area contributed by atoms with Crippen LogP contribution in [0.25, 0.3) is 95.0 Å². The Balaban J connectivity index is 1.21. The number of hydrogen-bond acceptors (Lipinski definition) is 3. The van der Waals surface area contributed by atoms with Crippen LogP contribution in [-0.2, 0) is 10.8 Å². The van der Waals surface area contributed by atoms with Crippen molar-refractivity contribution in [2.75, 3.05) is 0 Å². The molecular weight excluding hydrogens is 827 g/mol. The first-order valence-corrected chi connectivity index (χ1v) is 23.8. The fourth-order valence-corrected chi connectivity index (χ4v) is 9.46. The minimum atomic E-state index is -0.305. The van der Waals surface area contributed by atoms with Crippen LogP contribution in [0.2, 0.25) is 0 Å². The van der Waals surface area contributed by atoms with E-state index in [0.29, 0.717) is 11.4 Å². The minimum absolute atomic E-state index is 0.0334. The van der Waals surface area contributed by atoms with E-state index in [1.807, 2.05) is 12.3 Å². The number of hydrogen-bond donors (Lipinski definition) is 1. The van der Waals surface area contributed by atoms with Crippen LogP contribution in [0.4, 0.5) is 0 Å². The van der Waals surface area contributed by atoms with Gasteiger partial charge in [0.2, 0.25) is 0 Å². The Morgan fingerprint density at radius 1 is 0.485 bits per heavy atom. The van der Waals surface area contributed by atoms with Gasteiger partial charge < -0.3 is 5.11 Å². The second-order valence-corrected chi connectivity index (χ2v) is 19.8. The molecule has 68 heavy (non-hydrogen) atoms. The molecule has 0 fully saturated rings. The lowest BCUT2D eigenvalue weighted by Crippen LogP contribution is -2.16. The largest absolute Gasteiger partial charge is 0.507 e. The molecule has 4 heteroatoms. The molecule has 0 unspecified atom stereocenters. The molecule has 0 aliphatic heterocycles. The normalized spacial score (nSPS) is 11.9. The average molecular weight is 884 g/mol. The smallest absolute Gasteiger partial charge is 0.149 e. The maximum absolute atomic E-state index is 12.4. The van der Waals surface area contributed by atoms with Gasteiger partial charge in [0, 0.05) is 28.5 Å². The van der Waals surface area contributed by atoms with E-state index >= 15 is 0 Å². The Hall–Kier alpha value is -7.82. The highest BCUT2D eigenvalue weighted by molar-refractivity contribution is 5.98. The zero-order valence-corrected chi connectivity index (χ0v) is 40.0. The molecule has 8 aromatic carbocycles.